The number of rotatable bonds is 4. The average Bonchev–Trinajstić information content (AvgIpc) is 3.10. The first-order valence-electron chi connectivity index (χ1n) is 8.75. The van der Waals surface area contributed by atoms with E-state index in [-0.39, 0.29) is 23.9 Å². The quantitative estimate of drug-likeness (QED) is 0.606. The number of aromatic nitrogens is 2. The van der Waals surface area contributed by atoms with Crippen LogP contribution >= 0.6 is 0 Å². The summed E-state index contributed by atoms with van der Waals surface area (Å²) in [5.41, 5.74) is 1.19. The van der Waals surface area contributed by atoms with Gasteiger partial charge in [-0.25, -0.2) is 4.68 Å². The van der Waals surface area contributed by atoms with Crippen molar-refractivity contribution in [2.45, 2.75) is 19.4 Å². The van der Waals surface area contributed by atoms with Gasteiger partial charge in [-0.2, -0.15) is 5.10 Å². The number of carbonyl (C=O) groups excluding carboxylic acids is 1. The van der Waals surface area contributed by atoms with Crippen LogP contribution in [-0.2, 0) is 18.3 Å². The Kier molecular flexibility index (Phi) is 4.24. The molecule has 0 fully saturated rings. The molecule has 0 spiro atoms. The molecule has 136 valence electrons. The number of para-hydroxylation sites is 1. The fourth-order valence-electron chi connectivity index (χ4n) is 3.24. The van der Waals surface area contributed by atoms with Crippen molar-refractivity contribution in [2.24, 2.45) is 7.05 Å². The van der Waals surface area contributed by atoms with Gasteiger partial charge in [0.15, 0.2) is 0 Å². The number of nitrogens with zero attached hydrogens (tertiary/aromatic N) is 2. The van der Waals surface area contributed by atoms with E-state index in [1.54, 1.807) is 19.2 Å². The van der Waals surface area contributed by atoms with Crippen molar-refractivity contribution < 1.29 is 9.21 Å². The summed E-state index contributed by atoms with van der Waals surface area (Å²) in [5.74, 6) is 0.516. The third-order valence-electron chi connectivity index (χ3n) is 4.61. The molecular formula is C21H19N3O3. The lowest BCUT2D eigenvalue weighted by Crippen LogP contribution is -2.29. The summed E-state index contributed by atoms with van der Waals surface area (Å²) in [6, 6.07) is 16.6. The highest BCUT2D eigenvalue weighted by molar-refractivity contribution is 5.88. The van der Waals surface area contributed by atoms with E-state index in [4.69, 9.17) is 4.42 Å². The molecule has 0 aliphatic heterocycles. The third kappa shape index (κ3) is 3.21. The Labute approximate surface area is 155 Å². The molecule has 6 nitrogen and oxygen atoms in total. The van der Waals surface area contributed by atoms with E-state index in [2.05, 4.69) is 10.4 Å². The van der Waals surface area contributed by atoms with Crippen LogP contribution in [0.5, 0.6) is 0 Å². The Balaban J connectivity index is 1.57. The molecular weight excluding hydrogens is 342 g/mol. The van der Waals surface area contributed by atoms with Gasteiger partial charge in [-0.05, 0) is 25.1 Å². The zero-order valence-corrected chi connectivity index (χ0v) is 15.1. The van der Waals surface area contributed by atoms with Gasteiger partial charge in [0.25, 0.3) is 5.56 Å². The molecule has 27 heavy (non-hydrogen) atoms. The maximum Gasteiger partial charge on any atom is 0.274 e. The monoisotopic (exact) mass is 361 g/mol. The van der Waals surface area contributed by atoms with Crippen LogP contribution in [0, 0.1) is 0 Å². The summed E-state index contributed by atoms with van der Waals surface area (Å²) < 4.78 is 7.08. The minimum absolute atomic E-state index is 0.0825. The molecule has 0 bridgehead atoms. The molecule has 1 amide bonds. The standard InChI is InChI=1S/C21H19N3O3/c1-13(19-11-14-7-3-6-10-18(14)27-19)22-20(25)12-17-15-8-4-5-9-16(15)21(26)24(2)23-17/h3-11,13H,12H2,1-2H3,(H,22,25). The van der Waals surface area contributed by atoms with Crippen molar-refractivity contribution in [3.05, 3.63) is 76.4 Å². The minimum Gasteiger partial charge on any atom is -0.459 e. The summed E-state index contributed by atoms with van der Waals surface area (Å²) >= 11 is 0. The number of carbonyl (C=O) groups is 1. The molecule has 4 aromatic rings. The Morgan fingerprint density at radius 2 is 1.85 bits per heavy atom. The van der Waals surface area contributed by atoms with Crippen LogP contribution in [0.1, 0.15) is 24.4 Å². The van der Waals surface area contributed by atoms with Gasteiger partial charge in [0, 0.05) is 17.8 Å². The highest BCUT2D eigenvalue weighted by Gasteiger charge is 2.17. The van der Waals surface area contributed by atoms with Crippen LogP contribution in [0.15, 0.2) is 63.8 Å². The molecule has 1 N–H and O–H groups in total. The largest absolute Gasteiger partial charge is 0.459 e. The average molecular weight is 361 g/mol. The van der Waals surface area contributed by atoms with Gasteiger partial charge >= 0.3 is 0 Å². The van der Waals surface area contributed by atoms with Gasteiger partial charge < -0.3 is 9.73 Å². The van der Waals surface area contributed by atoms with Crippen molar-refractivity contribution in [1.29, 1.82) is 0 Å². The number of furan rings is 1. The van der Waals surface area contributed by atoms with Crippen molar-refractivity contribution in [2.75, 3.05) is 0 Å². The van der Waals surface area contributed by atoms with Crippen LogP contribution in [0.3, 0.4) is 0 Å². The van der Waals surface area contributed by atoms with Gasteiger partial charge in [0.2, 0.25) is 5.91 Å². The number of aryl methyl sites for hydroxylation is 1. The molecule has 4 rings (SSSR count). The molecule has 2 aromatic heterocycles. The number of hydrogen-bond acceptors (Lipinski definition) is 4. The molecule has 1 unspecified atom stereocenters. The smallest absolute Gasteiger partial charge is 0.274 e. The summed E-state index contributed by atoms with van der Waals surface area (Å²) in [4.78, 5) is 24.8. The number of fused-ring (bicyclic) bond motifs is 2. The molecule has 6 heteroatoms. The van der Waals surface area contributed by atoms with E-state index < -0.39 is 0 Å². The molecule has 0 aliphatic carbocycles. The fourth-order valence-corrected chi connectivity index (χ4v) is 3.24. The predicted octanol–water partition coefficient (Wildman–Crippen LogP) is 3.10. The van der Waals surface area contributed by atoms with Gasteiger partial charge in [-0.15, -0.1) is 0 Å². The lowest BCUT2D eigenvalue weighted by molar-refractivity contribution is -0.121. The van der Waals surface area contributed by atoms with Crippen molar-refractivity contribution in [3.63, 3.8) is 0 Å². The van der Waals surface area contributed by atoms with Crippen molar-refractivity contribution in [3.8, 4) is 0 Å². The van der Waals surface area contributed by atoms with E-state index in [0.717, 1.165) is 11.0 Å². The van der Waals surface area contributed by atoms with Gasteiger partial charge in [-0.1, -0.05) is 36.4 Å². The summed E-state index contributed by atoms with van der Waals surface area (Å²) in [6.07, 6.45) is 0.0825. The first kappa shape index (κ1) is 17.0. The molecule has 2 heterocycles. The Morgan fingerprint density at radius 3 is 2.63 bits per heavy atom. The first-order chi connectivity index (χ1) is 13.0. The zero-order chi connectivity index (χ0) is 19.0. The van der Waals surface area contributed by atoms with Gasteiger partial charge in [0.05, 0.1) is 23.5 Å². The second-order valence-electron chi connectivity index (χ2n) is 6.57. The van der Waals surface area contributed by atoms with Gasteiger partial charge in [-0.3, -0.25) is 9.59 Å². The molecule has 0 aliphatic rings. The number of nitrogens with one attached hydrogen (secondary N) is 1. The summed E-state index contributed by atoms with van der Waals surface area (Å²) in [6.45, 7) is 1.88. The second-order valence-corrected chi connectivity index (χ2v) is 6.57. The van der Waals surface area contributed by atoms with Gasteiger partial charge in [0.1, 0.15) is 11.3 Å². The Bertz CT molecular complexity index is 1170. The van der Waals surface area contributed by atoms with E-state index in [1.807, 2.05) is 49.4 Å². The highest BCUT2D eigenvalue weighted by Crippen LogP contribution is 2.23. The number of hydrogen-bond donors (Lipinski definition) is 1. The summed E-state index contributed by atoms with van der Waals surface area (Å²) in [5, 5.41) is 9.48. The zero-order valence-electron chi connectivity index (χ0n) is 15.1. The maximum absolute atomic E-state index is 12.6. The van der Waals surface area contributed by atoms with E-state index in [0.29, 0.717) is 22.2 Å². The topological polar surface area (TPSA) is 77.1 Å². The SMILES string of the molecule is CC(NC(=O)Cc1nn(C)c(=O)c2ccccc12)c1cc2ccccc2o1. The molecule has 0 radical (unpaired) electrons. The molecule has 0 saturated carbocycles. The molecule has 0 saturated heterocycles. The van der Waals surface area contributed by atoms with Crippen LogP contribution in [0.2, 0.25) is 0 Å². The van der Waals surface area contributed by atoms with E-state index in [1.165, 1.54) is 4.68 Å². The summed E-state index contributed by atoms with van der Waals surface area (Å²) in [7, 11) is 1.59. The number of amides is 1. The van der Waals surface area contributed by atoms with E-state index in [9.17, 15) is 9.59 Å². The minimum atomic E-state index is -0.274. The van der Waals surface area contributed by atoms with Crippen LogP contribution in [-0.4, -0.2) is 15.7 Å². The maximum atomic E-state index is 12.6. The second kappa shape index (κ2) is 6.72. The predicted molar refractivity (Wildman–Crippen MR) is 103 cm³/mol. The Morgan fingerprint density at radius 1 is 1.15 bits per heavy atom. The normalized spacial score (nSPS) is 12.4. The van der Waals surface area contributed by atoms with Crippen molar-refractivity contribution >= 4 is 27.6 Å². The lowest BCUT2D eigenvalue weighted by atomic mass is 10.1. The van der Waals surface area contributed by atoms with Crippen LogP contribution in [0.4, 0.5) is 0 Å². The molecule has 1 atom stereocenters. The van der Waals surface area contributed by atoms with Crippen molar-refractivity contribution in [1.82, 2.24) is 15.1 Å². The van der Waals surface area contributed by atoms with Crippen LogP contribution < -0.4 is 10.9 Å². The Hall–Kier alpha value is -3.41. The lowest BCUT2D eigenvalue weighted by Gasteiger charge is -2.12. The fraction of sp³-hybridized carbons (Fsp3) is 0.190. The van der Waals surface area contributed by atoms with Crippen LogP contribution in [0.25, 0.3) is 21.7 Å². The highest BCUT2D eigenvalue weighted by atomic mass is 16.3. The first-order valence-corrected chi connectivity index (χ1v) is 8.75. The van der Waals surface area contributed by atoms with E-state index >= 15 is 0 Å². The molecule has 2 aromatic carbocycles. The number of benzene rings is 2. The third-order valence-corrected chi connectivity index (χ3v) is 4.61.